The van der Waals surface area contributed by atoms with Crippen molar-refractivity contribution in [3.8, 4) is 0 Å². The second-order valence-electron chi connectivity index (χ2n) is 6.15. The van der Waals surface area contributed by atoms with Gasteiger partial charge in [0.25, 0.3) is 0 Å². The normalized spacial score (nSPS) is 20.1. The lowest BCUT2D eigenvalue weighted by Gasteiger charge is -2.26. The van der Waals surface area contributed by atoms with Crippen LogP contribution in [-0.4, -0.2) is 32.0 Å². The van der Waals surface area contributed by atoms with Crippen LogP contribution in [0.5, 0.6) is 0 Å². The molecule has 1 fully saturated rings. The molecule has 1 saturated carbocycles. The van der Waals surface area contributed by atoms with E-state index in [0.717, 1.165) is 24.1 Å². The first kappa shape index (κ1) is 18.0. The van der Waals surface area contributed by atoms with Crippen LogP contribution in [-0.2, 0) is 4.79 Å². The summed E-state index contributed by atoms with van der Waals surface area (Å²) < 4.78 is 0. The molecule has 1 aliphatic heterocycles. The van der Waals surface area contributed by atoms with E-state index in [-0.39, 0.29) is 35.8 Å². The highest BCUT2D eigenvalue weighted by Gasteiger charge is 2.25. The third-order valence-corrected chi connectivity index (χ3v) is 4.39. The first-order chi connectivity index (χ1) is 10.8. The average Bonchev–Trinajstić information content (AvgIpc) is 3.34. The van der Waals surface area contributed by atoms with Crippen LogP contribution in [0.3, 0.4) is 0 Å². The Kier molecular flexibility index (Phi) is 6.68. The summed E-state index contributed by atoms with van der Waals surface area (Å²) in [5.41, 5.74) is 2.13. The molecule has 2 aliphatic rings. The summed E-state index contributed by atoms with van der Waals surface area (Å²) in [7, 11) is 1.79. The molecule has 6 heteroatoms. The Hall–Kier alpha value is -1.31. The highest BCUT2D eigenvalue weighted by Crippen LogP contribution is 2.32. The Balaban J connectivity index is 0.00000192. The van der Waals surface area contributed by atoms with Crippen LogP contribution in [0.4, 0.5) is 5.69 Å². The molecule has 0 bridgehead atoms. The molecule has 1 atom stereocenters. The van der Waals surface area contributed by atoms with Gasteiger partial charge in [-0.2, -0.15) is 0 Å². The van der Waals surface area contributed by atoms with Gasteiger partial charge >= 0.3 is 0 Å². The van der Waals surface area contributed by atoms with Gasteiger partial charge in [-0.1, -0.05) is 31.0 Å². The first-order valence-electron chi connectivity index (χ1n) is 8.09. The topological polar surface area (TPSA) is 65.5 Å². The van der Waals surface area contributed by atoms with Crippen molar-refractivity contribution in [2.45, 2.75) is 31.6 Å². The van der Waals surface area contributed by atoms with Crippen LogP contribution < -0.4 is 16.0 Å². The molecule has 5 nitrogen and oxygen atoms in total. The summed E-state index contributed by atoms with van der Waals surface area (Å²) in [5.74, 6) is 2.01. The number of amides is 1. The van der Waals surface area contributed by atoms with Gasteiger partial charge in [-0.15, -0.1) is 24.0 Å². The number of halogens is 1. The molecule has 0 aromatic heterocycles. The van der Waals surface area contributed by atoms with Crippen molar-refractivity contribution >= 4 is 41.5 Å². The molecule has 1 unspecified atom stereocenters. The van der Waals surface area contributed by atoms with E-state index in [1.54, 1.807) is 7.05 Å². The zero-order valence-corrected chi connectivity index (χ0v) is 15.8. The van der Waals surface area contributed by atoms with Crippen molar-refractivity contribution in [3.05, 3.63) is 29.8 Å². The number of carbonyl (C=O) groups excluding carboxylic acids is 1. The summed E-state index contributed by atoms with van der Waals surface area (Å²) in [5, 5.41) is 9.64. The predicted octanol–water partition coefficient (Wildman–Crippen LogP) is 2.70. The number of carbonyl (C=O) groups is 1. The second-order valence-corrected chi connectivity index (χ2v) is 6.15. The number of nitrogens with zero attached hydrogens (tertiary/aromatic N) is 1. The number of para-hydroxylation sites is 1. The summed E-state index contributed by atoms with van der Waals surface area (Å²) in [6.07, 6.45) is 4.49. The van der Waals surface area contributed by atoms with Crippen LogP contribution in [0.2, 0.25) is 0 Å². The third-order valence-electron chi connectivity index (χ3n) is 4.39. The van der Waals surface area contributed by atoms with Gasteiger partial charge in [-0.05, 0) is 24.0 Å². The molecule has 126 valence electrons. The van der Waals surface area contributed by atoms with Crippen LogP contribution >= 0.6 is 24.0 Å². The van der Waals surface area contributed by atoms with E-state index < -0.39 is 0 Å². The molecule has 1 aliphatic carbocycles. The van der Waals surface area contributed by atoms with Gasteiger partial charge in [0.1, 0.15) is 0 Å². The zero-order chi connectivity index (χ0) is 15.4. The minimum absolute atomic E-state index is 0. The number of anilines is 1. The van der Waals surface area contributed by atoms with Crippen LogP contribution in [0.1, 0.15) is 37.2 Å². The first-order valence-corrected chi connectivity index (χ1v) is 8.09. The van der Waals surface area contributed by atoms with E-state index in [1.165, 1.54) is 24.8 Å². The van der Waals surface area contributed by atoms with E-state index in [2.05, 4.69) is 27.0 Å². The Labute approximate surface area is 154 Å². The molecule has 1 aromatic rings. The molecular formula is C17H25IN4O. The molecule has 1 aromatic carbocycles. The van der Waals surface area contributed by atoms with Crippen molar-refractivity contribution < 1.29 is 4.79 Å². The van der Waals surface area contributed by atoms with Crippen molar-refractivity contribution in [2.24, 2.45) is 10.9 Å². The molecule has 1 heterocycles. The fourth-order valence-electron chi connectivity index (χ4n) is 2.93. The highest BCUT2D eigenvalue weighted by atomic mass is 127. The number of nitrogens with one attached hydrogen (secondary N) is 3. The van der Waals surface area contributed by atoms with Gasteiger partial charge in [0.2, 0.25) is 5.91 Å². The van der Waals surface area contributed by atoms with Gasteiger partial charge in [0.15, 0.2) is 5.96 Å². The molecule has 3 rings (SSSR count). The molecule has 23 heavy (non-hydrogen) atoms. The lowest BCUT2D eigenvalue weighted by Crippen LogP contribution is -2.41. The van der Waals surface area contributed by atoms with Gasteiger partial charge in [0, 0.05) is 38.2 Å². The van der Waals surface area contributed by atoms with Crippen LogP contribution in [0.15, 0.2) is 29.3 Å². The fraction of sp³-hybridized carbons (Fsp3) is 0.529. The van der Waals surface area contributed by atoms with Crippen LogP contribution in [0, 0.1) is 5.92 Å². The number of guanidine groups is 1. The molecule has 3 N–H and O–H groups in total. The fourth-order valence-corrected chi connectivity index (χ4v) is 2.93. The van der Waals surface area contributed by atoms with E-state index in [1.807, 2.05) is 18.2 Å². The summed E-state index contributed by atoms with van der Waals surface area (Å²) in [6.45, 7) is 1.68. The van der Waals surface area contributed by atoms with Gasteiger partial charge in [-0.3, -0.25) is 9.79 Å². The second kappa shape index (κ2) is 8.52. The monoisotopic (exact) mass is 428 g/mol. The van der Waals surface area contributed by atoms with Crippen LogP contribution in [0.25, 0.3) is 0 Å². The maximum Gasteiger partial charge on any atom is 0.225 e. The van der Waals surface area contributed by atoms with Gasteiger partial charge < -0.3 is 16.0 Å². The SMILES string of the molecule is CN=C(NCCC1CC1)NCC1CC(=O)Nc2ccccc21.I. The van der Waals surface area contributed by atoms with Gasteiger partial charge in [0.05, 0.1) is 0 Å². The van der Waals surface area contributed by atoms with Gasteiger partial charge in [-0.25, -0.2) is 0 Å². The average molecular weight is 428 g/mol. The molecule has 1 amide bonds. The smallest absolute Gasteiger partial charge is 0.225 e. The lowest BCUT2D eigenvalue weighted by atomic mass is 9.90. The third kappa shape index (κ3) is 5.09. The quantitative estimate of drug-likeness (QED) is 0.384. The Bertz CT molecular complexity index is 571. The predicted molar refractivity (Wildman–Crippen MR) is 105 cm³/mol. The largest absolute Gasteiger partial charge is 0.356 e. The summed E-state index contributed by atoms with van der Waals surface area (Å²) >= 11 is 0. The van der Waals surface area contributed by atoms with Crippen molar-refractivity contribution in [2.75, 3.05) is 25.5 Å². The van der Waals surface area contributed by atoms with E-state index in [9.17, 15) is 4.79 Å². The van der Waals surface area contributed by atoms with E-state index >= 15 is 0 Å². The summed E-state index contributed by atoms with van der Waals surface area (Å²) in [6, 6.07) is 8.02. The Morgan fingerprint density at radius 1 is 1.30 bits per heavy atom. The number of fused-ring (bicyclic) bond motifs is 1. The lowest BCUT2D eigenvalue weighted by molar-refractivity contribution is -0.116. The number of hydrogen-bond donors (Lipinski definition) is 3. The standard InChI is InChI=1S/C17H24N4O.HI/c1-18-17(19-9-8-12-6-7-12)20-11-13-10-16(22)21-15-5-3-2-4-14(13)15;/h2-5,12-13H,6-11H2,1H3,(H,21,22)(H2,18,19,20);1H. The summed E-state index contributed by atoms with van der Waals surface area (Å²) in [4.78, 5) is 16.1. The zero-order valence-electron chi connectivity index (χ0n) is 13.5. The number of benzene rings is 1. The molecular weight excluding hydrogens is 403 g/mol. The Morgan fingerprint density at radius 2 is 2.09 bits per heavy atom. The maximum atomic E-state index is 11.8. The minimum Gasteiger partial charge on any atom is -0.356 e. The maximum absolute atomic E-state index is 11.8. The van der Waals surface area contributed by atoms with Crippen molar-refractivity contribution in [3.63, 3.8) is 0 Å². The van der Waals surface area contributed by atoms with Crippen molar-refractivity contribution in [1.82, 2.24) is 10.6 Å². The Morgan fingerprint density at radius 3 is 2.83 bits per heavy atom. The minimum atomic E-state index is 0. The van der Waals surface area contributed by atoms with E-state index in [0.29, 0.717) is 13.0 Å². The number of rotatable bonds is 5. The number of aliphatic imine (C=N–C) groups is 1. The molecule has 0 radical (unpaired) electrons. The van der Waals surface area contributed by atoms with E-state index in [4.69, 9.17) is 0 Å². The number of hydrogen-bond acceptors (Lipinski definition) is 2. The van der Waals surface area contributed by atoms with Crippen molar-refractivity contribution in [1.29, 1.82) is 0 Å². The highest BCUT2D eigenvalue weighted by molar-refractivity contribution is 14.0. The molecule has 0 saturated heterocycles. The molecule has 0 spiro atoms.